The van der Waals surface area contributed by atoms with Gasteiger partial charge in [-0.25, -0.2) is 4.98 Å². The van der Waals surface area contributed by atoms with Crippen LogP contribution in [0.3, 0.4) is 0 Å². The summed E-state index contributed by atoms with van der Waals surface area (Å²) in [6, 6.07) is 14.5. The molecule has 90 valence electrons. The highest BCUT2D eigenvalue weighted by atomic mass is 15.2. The van der Waals surface area contributed by atoms with Gasteiger partial charge in [0.2, 0.25) is 5.95 Å². The summed E-state index contributed by atoms with van der Waals surface area (Å²) in [7, 11) is 0. The van der Waals surface area contributed by atoms with Crippen molar-refractivity contribution < 1.29 is 0 Å². The minimum absolute atomic E-state index is 0.529. The van der Waals surface area contributed by atoms with Gasteiger partial charge in [-0.1, -0.05) is 18.2 Å². The molecule has 0 aliphatic rings. The highest BCUT2D eigenvalue weighted by Crippen LogP contribution is 2.24. The van der Waals surface area contributed by atoms with Crippen molar-refractivity contribution in [1.82, 2.24) is 9.55 Å². The first-order valence-electron chi connectivity index (χ1n) is 5.97. The van der Waals surface area contributed by atoms with Crippen LogP contribution in [-0.2, 0) is 0 Å². The molecule has 0 unspecified atom stereocenters. The molecule has 1 heterocycles. The second kappa shape index (κ2) is 3.88. The van der Waals surface area contributed by atoms with E-state index in [0.29, 0.717) is 5.95 Å². The zero-order valence-electron chi connectivity index (χ0n) is 10.5. The highest BCUT2D eigenvalue weighted by Gasteiger charge is 2.09. The molecule has 0 spiro atoms. The third-order valence-electron chi connectivity index (χ3n) is 3.10. The number of nitrogen functional groups attached to an aromatic ring is 1. The summed E-state index contributed by atoms with van der Waals surface area (Å²) < 4.78 is 1.99. The van der Waals surface area contributed by atoms with Crippen molar-refractivity contribution in [2.45, 2.75) is 13.8 Å². The Labute approximate surface area is 106 Å². The van der Waals surface area contributed by atoms with Gasteiger partial charge in [-0.15, -0.1) is 0 Å². The maximum absolute atomic E-state index is 6.04. The topological polar surface area (TPSA) is 43.8 Å². The summed E-state index contributed by atoms with van der Waals surface area (Å²) in [5.74, 6) is 0.529. The molecule has 0 radical (unpaired) electrons. The van der Waals surface area contributed by atoms with Crippen LogP contribution >= 0.6 is 0 Å². The predicted molar refractivity (Wildman–Crippen MR) is 75.0 cm³/mol. The summed E-state index contributed by atoms with van der Waals surface area (Å²) in [6.45, 7) is 4.13. The molecule has 3 nitrogen and oxygen atoms in total. The third kappa shape index (κ3) is 1.64. The number of nitrogens with zero attached hydrogens (tertiary/aromatic N) is 2. The first kappa shape index (κ1) is 10.8. The number of hydrogen-bond donors (Lipinski definition) is 1. The quantitative estimate of drug-likeness (QED) is 0.706. The Hall–Kier alpha value is -2.29. The largest absolute Gasteiger partial charge is 0.369 e. The van der Waals surface area contributed by atoms with Gasteiger partial charge < -0.3 is 5.73 Å². The Kier molecular flexibility index (Phi) is 2.33. The number of hydrogen-bond acceptors (Lipinski definition) is 2. The van der Waals surface area contributed by atoms with Gasteiger partial charge in [0.05, 0.1) is 11.0 Å². The van der Waals surface area contributed by atoms with E-state index in [4.69, 9.17) is 5.73 Å². The Morgan fingerprint density at radius 2 is 1.78 bits per heavy atom. The van der Waals surface area contributed by atoms with E-state index >= 15 is 0 Å². The molecular formula is C15H15N3. The molecule has 3 aromatic rings. The zero-order chi connectivity index (χ0) is 12.7. The average Bonchev–Trinajstić information content (AvgIpc) is 2.64. The SMILES string of the molecule is Cc1cccc(-n2c(N)nc3cc(C)ccc32)c1. The molecule has 2 N–H and O–H groups in total. The van der Waals surface area contributed by atoms with Crippen LogP contribution in [0.25, 0.3) is 16.7 Å². The molecule has 2 aromatic carbocycles. The minimum Gasteiger partial charge on any atom is -0.369 e. The average molecular weight is 237 g/mol. The first-order valence-corrected chi connectivity index (χ1v) is 5.97. The molecule has 0 amide bonds. The van der Waals surface area contributed by atoms with Gasteiger partial charge >= 0.3 is 0 Å². The van der Waals surface area contributed by atoms with Crippen molar-refractivity contribution >= 4 is 17.0 Å². The van der Waals surface area contributed by atoms with E-state index in [9.17, 15) is 0 Å². The van der Waals surface area contributed by atoms with Crippen LogP contribution < -0.4 is 5.73 Å². The lowest BCUT2D eigenvalue weighted by Crippen LogP contribution is -2.00. The summed E-state index contributed by atoms with van der Waals surface area (Å²) in [5.41, 5.74) is 11.5. The van der Waals surface area contributed by atoms with Crippen LogP contribution in [-0.4, -0.2) is 9.55 Å². The molecule has 3 rings (SSSR count). The number of imidazole rings is 1. The normalized spacial score (nSPS) is 11.0. The Balaban J connectivity index is 2.32. The van der Waals surface area contributed by atoms with Gasteiger partial charge in [0, 0.05) is 5.69 Å². The summed E-state index contributed by atoms with van der Waals surface area (Å²) in [6.07, 6.45) is 0. The van der Waals surface area contributed by atoms with Crippen molar-refractivity contribution in [3.05, 3.63) is 53.6 Å². The molecule has 0 fully saturated rings. The van der Waals surface area contributed by atoms with Crippen molar-refractivity contribution in [3.63, 3.8) is 0 Å². The van der Waals surface area contributed by atoms with Crippen LogP contribution in [0.4, 0.5) is 5.95 Å². The maximum Gasteiger partial charge on any atom is 0.205 e. The molecule has 3 heteroatoms. The second-order valence-corrected chi connectivity index (χ2v) is 4.64. The molecule has 1 aromatic heterocycles. The van der Waals surface area contributed by atoms with Crippen LogP contribution in [0.1, 0.15) is 11.1 Å². The smallest absolute Gasteiger partial charge is 0.205 e. The Morgan fingerprint density at radius 3 is 2.56 bits per heavy atom. The third-order valence-corrected chi connectivity index (χ3v) is 3.10. The monoisotopic (exact) mass is 237 g/mol. The van der Waals surface area contributed by atoms with Crippen LogP contribution in [0.15, 0.2) is 42.5 Å². The fourth-order valence-electron chi connectivity index (χ4n) is 2.25. The maximum atomic E-state index is 6.04. The Morgan fingerprint density at radius 1 is 1.00 bits per heavy atom. The molecule has 0 atom stereocenters. The van der Waals surface area contributed by atoms with Crippen LogP contribution in [0, 0.1) is 13.8 Å². The number of aryl methyl sites for hydroxylation is 2. The van der Waals surface area contributed by atoms with Crippen molar-refractivity contribution in [1.29, 1.82) is 0 Å². The summed E-state index contributed by atoms with van der Waals surface area (Å²) >= 11 is 0. The van der Waals surface area contributed by atoms with E-state index in [1.165, 1.54) is 11.1 Å². The lowest BCUT2D eigenvalue weighted by atomic mass is 10.2. The van der Waals surface area contributed by atoms with Crippen LogP contribution in [0.5, 0.6) is 0 Å². The van der Waals surface area contributed by atoms with E-state index in [-0.39, 0.29) is 0 Å². The van der Waals surface area contributed by atoms with E-state index in [0.717, 1.165) is 16.7 Å². The lowest BCUT2D eigenvalue weighted by Gasteiger charge is -2.07. The van der Waals surface area contributed by atoms with Crippen molar-refractivity contribution in [2.24, 2.45) is 0 Å². The molecule has 0 saturated carbocycles. The van der Waals surface area contributed by atoms with Crippen molar-refractivity contribution in [2.75, 3.05) is 5.73 Å². The van der Waals surface area contributed by atoms with E-state index < -0.39 is 0 Å². The molecular weight excluding hydrogens is 222 g/mol. The van der Waals surface area contributed by atoms with Gasteiger partial charge in [0.1, 0.15) is 0 Å². The minimum atomic E-state index is 0.529. The molecule has 18 heavy (non-hydrogen) atoms. The fourth-order valence-corrected chi connectivity index (χ4v) is 2.25. The first-order chi connectivity index (χ1) is 8.65. The molecule has 0 aliphatic heterocycles. The summed E-state index contributed by atoms with van der Waals surface area (Å²) in [5, 5.41) is 0. The number of rotatable bonds is 1. The number of aromatic nitrogens is 2. The van der Waals surface area contributed by atoms with Gasteiger partial charge in [-0.3, -0.25) is 4.57 Å². The van der Waals surface area contributed by atoms with Gasteiger partial charge in [0.15, 0.2) is 0 Å². The fraction of sp³-hybridized carbons (Fsp3) is 0.133. The highest BCUT2D eigenvalue weighted by molar-refractivity contribution is 5.81. The predicted octanol–water partition coefficient (Wildman–Crippen LogP) is 3.22. The van der Waals surface area contributed by atoms with E-state index in [1.54, 1.807) is 0 Å². The van der Waals surface area contributed by atoms with Crippen molar-refractivity contribution in [3.8, 4) is 5.69 Å². The molecule has 0 bridgehead atoms. The number of fused-ring (bicyclic) bond motifs is 1. The standard InChI is InChI=1S/C15H15N3/c1-10-4-3-5-12(8-10)18-14-7-6-11(2)9-13(14)17-15(18)16/h3-9H,1-2H3,(H2,16,17). The number of anilines is 1. The van der Waals surface area contributed by atoms with E-state index in [1.807, 2.05) is 16.7 Å². The Bertz CT molecular complexity index is 726. The summed E-state index contributed by atoms with van der Waals surface area (Å²) in [4.78, 5) is 4.42. The van der Waals surface area contributed by atoms with Crippen LogP contribution in [0.2, 0.25) is 0 Å². The molecule has 0 aliphatic carbocycles. The van der Waals surface area contributed by atoms with Gasteiger partial charge in [0.25, 0.3) is 0 Å². The number of benzene rings is 2. The lowest BCUT2D eigenvalue weighted by molar-refractivity contribution is 1.10. The molecule has 0 saturated heterocycles. The zero-order valence-corrected chi connectivity index (χ0v) is 10.5. The van der Waals surface area contributed by atoms with Gasteiger partial charge in [-0.05, 0) is 49.2 Å². The second-order valence-electron chi connectivity index (χ2n) is 4.64. The number of nitrogens with two attached hydrogens (primary N) is 1. The van der Waals surface area contributed by atoms with Gasteiger partial charge in [-0.2, -0.15) is 0 Å². The van der Waals surface area contributed by atoms with E-state index in [2.05, 4.69) is 49.2 Å².